The topological polar surface area (TPSA) is 130 Å². The lowest BCUT2D eigenvalue weighted by molar-refractivity contribution is -0.143. The van der Waals surface area contributed by atoms with Crippen LogP contribution in [0.4, 0.5) is 0 Å². The van der Waals surface area contributed by atoms with Gasteiger partial charge in [-0.05, 0) is 50.7 Å². The van der Waals surface area contributed by atoms with Gasteiger partial charge >= 0.3 is 17.9 Å². The number of cyclic esters (lactones) is 1. The number of likely N-dealkylation sites (tertiary alicyclic amines) is 1. The van der Waals surface area contributed by atoms with E-state index in [2.05, 4.69) is 10.2 Å². The number of allylic oxidation sites excluding steroid dienone is 2. The van der Waals surface area contributed by atoms with E-state index < -0.39 is 11.9 Å². The maximum Gasteiger partial charge on any atom is 0.342 e. The smallest absolute Gasteiger partial charge is 0.342 e. The summed E-state index contributed by atoms with van der Waals surface area (Å²) in [7, 11) is 3.25. The Morgan fingerprint density at radius 1 is 1.04 bits per heavy atom. The highest BCUT2D eigenvalue weighted by molar-refractivity contribution is 5.99. The number of benzene rings is 2. The number of ether oxygens (including phenoxy) is 5. The molecule has 0 radical (unpaired) electrons. The Morgan fingerprint density at radius 2 is 1.81 bits per heavy atom. The number of fused-ring (bicyclic) bond motifs is 1. The molecule has 254 valence electrons. The lowest BCUT2D eigenvalue weighted by Gasteiger charge is -2.19. The van der Waals surface area contributed by atoms with Gasteiger partial charge in [0.2, 0.25) is 5.91 Å². The van der Waals surface area contributed by atoms with E-state index >= 15 is 0 Å². The Kier molecular flexibility index (Phi) is 13.4. The van der Waals surface area contributed by atoms with Crippen LogP contribution in [-0.4, -0.2) is 75.3 Å². The van der Waals surface area contributed by atoms with Gasteiger partial charge in [-0.15, -0.1) is 0 Å². The Hall–Kier alpha value is -4.22. The summed E-state index contributed by atoms with van der Waals surface area (Å²) in [6.45, 7) is 7.30. The maximum atomic E-state index is 13.0. The molecule has 2 heterocycles. The van der Waals surface area contributed by atoms with Gasteiger partial charge in [-0.3, -0.25) is 14.4 Å². The van der Waals surface area contributed by atoms with E-state index in [0.29, 0.717) is 36.4 Å². The third kappa shape index (κ3) is 10.1. The molecule has 0 spiro atoms. The van der Waals surface area contributed by atoms with Crippen LogP contribution in [-0.2, 0) is 48.2 Å². The number of hydrogen-bond acceptors (Lipinski definition) is 10. The zero-order chi connectivity index (χ0) is 33.8. The Morgan fingerprint density at radius 3 is 2.53 bits per heavy atom. The first-order valence-corrected chi connectivity index (χ1v) is 16.2. The number of amides is 1. The van der Waals surface area contributed by atoms with Crippen LogP contribution in [0.2, 0.25) is 0 Å². The highest BCUT2D eigenvalue weighted by Crippen LogP contribution is 2.43. The Bertz CT molecular complexity index is 1450. The molecule has 4 rings (SSSR count). The largest absolute Gasteiger partial charge is 0.496 e. The zero-order valence-electron chi connectivity index (χ0n) is 27.9. The van der Waals surface area contributed by atoms with Gasteiger partial charge in [0.1, 0.15) is 17.9 Å². The van der Waals surface area contributed by atoms with E-state index in [0.717, 1.165) is 49.2 Å². The minimum atomic E-state index is -0.652. The molecule has 1 unspecified atom stereocenters. The first-order chi connectivity index (χ1) is 22.7. The number of methoxy groups -OCH3 is 2. The maximum absolute atomic E-state index is 13.0. The van der Waals surface area contributed by atoms with Crippen molar-refractivity contribution in [2.24, 2.45) is 0 Å². The van der Waals surface area contributed by atoms with Gasteiger partial charge in [-0.1, -0.05) is 42.0 Å². The Balaban J connectivity index is 1.34. The predicted molar refractivity (Wildman–Crippen MR) is 174 cm³/mol. The monoisotopic (exact) mass is 650 g/mol. The van der Waals surface area contributed by atoms with Crippen molar-refractivity contribution in [3.63, 3.8) is 0 Å². The van der Waals surface area contributed by atoms with Crippen molar-refractivity contribution in [1.29, 1.82) is 0 Å². The molecule has 0 saturated carbocycles. The van der Waals surface area contributed by atoms with Crippen LogP contribution in [0.1, 0.15) is 78.1 Å². The molecule has 2 aliphatic rings. The van der Waals surface area contributed by atoms with Crippen molar-refractivity contribution in [3.05, 3.63) is 69.8 Å². The molecule has 11 heteroatoms. The van der Waals surface area contributed by atoms with Gasteiger partial charge in [0.05, 0.1) is 26.2 Å². The average molecular weight is 651 g/mol. The molecule has 0 aromatic heterocycles. The van der Waals surface area contributed by atoms with Crippen molar-refractivity contribution in [3.8, 4) is 11.5 Å². The summed E-state index contributed by atoms with van der Waals surface area (Å²) in [5.74, 6) is -1.21. The molecule has 2 aromatic rings. The number of carbonyl (C=O) groups is 4. The minimum absolute atomic E-state index is 0.0474. The van der Waals surface area contributed by atoms with Gasteiger partial charge in [-0.2, -0.15) is 0 Å². The minimum Gasteiger partial charge on any atom is -0.496 e. The van der Waals surface area contributed by atoms with Crippen LogP contribution >= 0.6 is 0 Å². The number of carbonyl (C=O) groups excluding carboxylic acids is 4. The average Bonchev–Trinajstić information content (AvgIpc) is 3.71. The number of hydrogen-bond donors (Lipinski definition) is 1. The van der Waals surface area contributed by atoms with Gasteiger partial charge in [0.15, 0.2) is 5.75 Å². The number of nitrogens with one attached hydrogen (secondary N) is 1. The molecule has 47 heavy (non-hydrogen) atoms. The molecule has 0 aliphatic carbocycles. The molecule has 1 amide bonds. The normalized spacial score (nSPS) is 16.0. The summed E-state index contributed by atoms with van der Waals surface area (Å²) in [5.41, 5.74) is 3.92. The van der Waals surface area contributed by atoms with Crippen LogP contribution in [0.5, 0.6) is 11.5 Å². The second-order valence-electron chi connectivity index (χ2n) is 11.9. The van der Waals surface area contributed by atoms with Gasteiger partial charge in [-0.25, -0.2) is 4.79 Å². The first-order valence-electron chi connectivity index (χ1n) is 16.2. The summed E-state index contributed by atoms with van der Waals surface area (Å²) < 4.78 is 27.7. The highest BCUT2D eigenvalue weighted by Gasteiger charge is 2.34. The fourth-order valence-corrected chi connectivity index (χ4v) is 5.80. The summed E-state index contributed by atoms with van der Waals surface area (Å²) in [5, 5.41) is 2.80. The van der Waals surface area contributed by atoms with E-state index in [1.54, 1.807) is 7.11 Å². The number of rotatable bonds is 17. The van der Waals surface area contributed by atoms with Crippen molar-refractivity contribution < 1.29 is 42.9 Å². The summed E-state index contributed by atoms with van der Waals surface area (Å²) in [6.07, 6.45) is 4.77. The van der Waals surface area contributed by atoms with E-state index in [1.165, 1.54) is 7.11 Å². The quantitative estimate of drug-likeness (QED) is 0.112. The molecular weight excluding hydrogens is 604 g/mol. The molecule has 1 saturated heterocycles. The lowest BCUT2D eigenvalue weighted by atomic mass is 9.94. The molecule has 2 aromatic carbocycles. The third-order valence-electron chi connectivity index (χ3n) is 8.55. The number of esters is 3. The first kappa shape index (κ1) is 35.6. The van der Waals surface area contributed by atoms with Crippen molar-refractivity contribution in [1.82, 2.24) is 10.2 Å². The summed E-state index contributed by atoms with van der Waals surface area (Å²) in [4.78, 5) is 52.9. The molecule has 1 fully saturated rings. The zero-order valence-corrected chi connectivity index (χ0v) is 27.9. The molecule has 0 bridgehead atoms. The summed E-state index contributed by atoms with van der Waals surface area (Å²) in [6, 6.07) is 9.47. The SMILES string of the molecule is COc1c(C)c2c(c(OC(=O)CCC(=O)NCc3ccccc3)c1CC=C(C)CCC(=O)OCCCN1CCC(OC)C1)C(=O)OC2. The lowest BCUT2D eigenvalue weighted by Crippen LogP contribution is -2.25. The molecule has 2 aliphatic heterocycles. The second kappa shape index (κ2) is 17.6. The van der Waals surface area contributed by atoms with Crippen LogP contribution < -0.4 is 14.8 Å². The van der Waals surface area contributed by atoms with E-state index in [1.807, 2.05) is 50.3 Å². The molecule has 11 nitrogen and oxygen atoms in total. The fourth-order valence-electron chi connectivity index (χ4n) is 5.80. The van der Waals surface area contributed by atoms with Crippen LogP contribution in [0.25, 0.3) is 0 Å². The summed E-state index contributed by atoms with van der Waals surface area (Å²) >= 11 is 0. The van der Waals surface area contributed by atoms with E-state index in [9.17, 15) is 19.2 Å². The van der Waals surface area contributed by atoms with Gasteiger partial charge in [0.25, 0.3) is 0 Å². The molecular formula is C36H46N2O9. The van der Waals surface area contributed by atoms with E-state index in [-0.39, 0.29) is 61.6 Å². The van der Waals surface area contributed by atoms with Crippen LogP contribution in [0.3, 0.4) is 0 Å². The molecule has 1 N–H and O–H groups in total. The number of nitrogens with zero attached hydrogens (tertiary/aromatic N) is 1. The van der Waals surface area contributed by atoms with E-state index in [4.69, 9.17) is 23.7 Å². The van der Waals surface area contributed by atoms with Crippen LogP contribution in [0.15, 0.2) is 42.0 Å². The highest BCUT2D eigenvalue weighted by atomic mass is 16.6. The third-order valence-corrected chi connectivity index (χ3v) is 8.55. The van der Waals surface area contributed by atoms with Gasteiger partial charge in [0, 0.05) is 57.3 Å². The van der Waals surface area contributed by atoms with Crippen molar-refractivity contribution in [2.45, 2.75) is 78.0 Å². The standard InChI is InChI=1S/C36H46N2O9/c1-24(12-15-31(40)45-20-8-18-38-19-17-27(22-38)43-3)11-13-28-34(44-4)25(2)29-23-46-36(42)33(29)35(28)47-32(41)16-14-30(39)37-21-26-9-6-5-7-10-26/h5-7,9-11,27H,8,12-23H2,1-4H3,(H,37,39). The van der Waals surface area contributed by atoms with Crippen molar-refractivity contribution in [2.75, 3.05) is 40.5 Å². The van der Waals surface area contributed by atoms with Crippen molar-refractivity contribution >= 4 is 23.8 Å². The predicted octanol–water partition coefficient (Wildman–Crippen LogP) is 4.60. The fraction of sp³-hybridized carbons (Fsp3) is 0.500. The van der Waals surface area contributed by atoms with Gasteiger partial charge < -0.3 is 33.9 Å². The Labute approximate surface area is 276 Å². The van der Waals surface area contributed by atoms with Crippen LogP contribution in [0, 0.1) is 6.92 Å². The second-order valence-corrected chi connectivity index (χ2v) is 11.9. The molecule has 1 atom stereocenters.